The molecule has 0 radical (unpaired) electrons. The number of halogens is 1. The van der Waals surface area contributed by atoms with Crippen molar-refractivity contribution in [3.05, 3.63) is 50.1 Å². The van der Waals surface area contributed by atoms with Crippen molar-refractivity contribution in [2.24, 2.45) is 0 Å². The molecule has 1 N–H and O–H groups in total. The fourth-order valence-electron chi connectivity index (χ4n) is 1.82. The Morgan fingerprint density at radius 2 is 2.11 bits per heavy atom. The van der Waals surface area contributed by atoms with E-state index in [1.165, 1.54) is 0 Å². The van der Waals surface area contributed by atoms with Crippen molar-refractivity contribution in [1.29, 1.82) is 0 Å². The molecule has 2 aromatic rings. The first-order chi connectivity index (χ1) is 9.13. The Kier molecular flexibility index (Phi) is 5.02. The van der Waals surface area contributed by atoms with Gasteiger partial charge in [-0.25, -0.2) is 0 Å². The minimum atomic E-state index is -0.636. The van der Waals surface area contributed by atoms with Crippen LogP contribution in [0.1, 0.15) is 35.5 Å². The summed E-state index contributed by atoms with van der Waals surface area (Å²) in [4.78, 5) is 0.928. The molecular weight excluding hydrogens is 324 g/mol. The van der Waals surface area contributed by atoms with E-state index in [-0.39, 0.29) is 0 Å². The van der Waals surface area contributed by atoms with Gasteiger partial charge in [-0.15, -0.1) is 11.3 Å². The molecule has 0 spiro atoms. The summed E-state index contributed by atoms with van der Waals surface area (Å²) in [7, 11) is 0. The maximum Gasteiger partial charge on any atom is 0.125 e. The van der Waals surface area contributed by atoms with Crippen molar-refractivity contribution in [2.45, 2.75) is 26.4 Å². The van der Waals surface area contributed by atoms with E-state index in [0.29, 0.717) is 6.61 Å². The van der Waals surface area contributed by atoms with Gasteiger partial charge in [-0.2, -0.15) is 0 Å². The quantitative estimate of drug-likeness (QED) is 0.855. The first-order valence-electron chi connectivity index (χ1n) is 6.29. The van der Waals surface area contributed by atoms with Gasteiger partial charge in [0.1, 0.15) is 11.9 Å². The number of rotatable bonds is 5. The summed E-state index contributed by atoms with van der Waals surface area (Å²) in [5.41, 5.74) is 1.97. The van der Waals surface area contributed by atoms with Gasteiger partial charge in [0.2, 0.25) is 0 Å². The SMILES string of the molecule is CCCOc1ccccc1C(O)c1cc(C)c(Br)s1. The van der Waals surface area contributed by atoms with Crippen LogP contribution in [0.25, 0.3) is 0 Å². The Hall–Kier alpha value is -0.840. The monoisotopic (exact) mass is 340 g/mol. The first kappa shape index (κ1) is 14.6. The zero-order valence-electron chi connectivity index (χ0n) is 11.0. The summed E-state index contributed by atoms with van der Waals surface area (Å²) in [5, 5.41) is 10.5. The molecule has 0 saturated carbocycles. The lowest BCUT2D eigenvalue weighted by Crippen LogP contribution is -2.03. The van der Waals surface area contributed by atoms with Gasteiger partial charge in [0, 0.05) is 10.4 Å². The largest absolute Gasteiger partial charge is 0.493 e. The Bertz CT molecular complexity index is 531. The van der Waals surface area contributed by atoms with E-state index < -0.39 is 6.10 Å². The second-order valence-corrected chi connectivity index (χ2v) is 6.80. The third kappa shape index (κ3) is 3.38. The Balaban J connectivity index is 2.30. The molecule has 19 heavy (non-hydrogen) atoms. The van der Waals surface area contributed by atoms with Crippen molar-refractivity contribution >= 4 is 27.3 Å². The van der Waals surface area contributed by atoms with Gasteiger partial charge < -0.3 is 9.84 Å². The van der Waals surface area contributed by atoms with E-state index in [1.807, 2.05) is 37.3 Å². The lowest BCUT2D eigenvalue weighted by molar-refractivity contribution is 0.214. The highest BCUT2D eigenvalue weighted by molar-refractivity contribution is 9.11. The van der Waals surface area contributed by atoms with Crippen LogP contribution in [0.15, 0.2) is 34.1 Å². The van der Waals surface area contributed by atoms with Gasteiger partial charge in [0.25, 0.3) is 0 Å². The number of thiophene rings is 1. The third-order valence-corrected chi connectivity index (χ3v) is 5.01. The molecule has 0 aliphatic rings. The number of benzene rings is 1. The molecule has 0 aliphatic heterocycles. The molecule has 0 fully saturated rings. The first-order valence-corrected chi connectivity index (χ1v) is 7.90. The Morgan fingerprint density at radius 1 is 1.37 bits per heavy atom. The summed E-state index contributed by atoms with van der Waals surface area (Å²) in [6.45, 7) is 4.76. The Labute approximate surface area is 126 Å². The van der Waals surface area contributed by atoms with Crippen LogP contribution in [-0.2, 0) is 0 Å². The molecule has 1 unspecified atom stereocenters. The van der Waals surface area contributed by atoms with Gasteiger partial charge in [0.05, 0.1) is 10.4 Å². The van der Waals surface area contributed by atoms with Crippen LogP contribution >= 0.6 is 27.3 Å². The molecule has 0 saturated heterocycles. The molecule has 0 bridgehead atoms. The molecule has 2 rings (SSSR count). The molecule has 4 heteroatoms. The standard InChI is InChI=1S/C15H17BrO2S/c1-3-8-18-12-7-5-4-6-11(12)14(17)13-9-10(2)15(16)19-13/h4-7,9,14,17H,3,8H2,1-2H3. The molecular formula is C15H17BrO2S. The van der Waals surface area contributed by atoms with Crippen LogP contribution in [0.4, 0.5) is 0 Å². The fraction of sp³-hybridized carbons (Fsp3) is 0.333. The van der Waals surface area contributed by atoms with Gasteiger partial charge in [-0.05, 0) is 47.0 Å². The highest BCUT2D eigenvalue weighted by Gasteiger charge is 2.18. The highest BCUT2D eigenvalue weighted by Crippen LogP contribution is 2.37. The van der Waals surface area contributed by atoms with Crippen molar-refractivity contribution in [2.75, 3.05) is 6.61 Å². The van der Waals surface area contributed by atoms with Crippen LogP contribution in [0.3, 0.4) is 0 Å². The summed E-state index contributed by atoms with van der Waals surface area (Å²) < 4.78 is 6.76. The number of para-hydroxylation sites is 1. The number of ether oxygens (including phenoxy) is 1. The Morgan fingerprint density at radius 3 is 2.74 bits per heavy atom. The summed E-state index contributed by atoms with van der Waals surface area (Å²) >= 11 is 5.05. The second-order valence-electron chi connectivity index (χ2n) is 4.39. The van der Waals surface area contributed by atoms with Crippen LogP contribution < -0.4 is 4.74 Å². The van der Waals surface area contributed by atoms with Crippen LogP contribution in [0.5, 0.6) is 5.75 Å². The second kappa shape index (κ2) is 6.55. The molecule has 102 valence electrons. The smallest absolute Gasteiger partial charge is 0.125 e. The van der Waals surface area contributed by atoms with Gasteiger partial charge in [-0.3, -0.25) is 0 Å². The number of aryl methyl sites for hydroxylation is 1. The normalized spacial score (nSPS) is 12.4. The maximum atomic E-state index is 10.5. The molecule has 1 atom stereocenters. The maximum absolute atomic E-state index is 10.5. The van der Waals surface area contributed by atoms with Gasteiger partial charge in [0.15, 0.2) is 0 Å². The molecule has 2 nitrogen and oxygen atoms in total. The zero-order chi connectivity index (χ0) is 13.8. The van der Waals surface area contributed by atoms with Crippen molar-refractivity contribution in [3.8, 4) is 5.75 Å². The van der Waals surface area contributed by atoms with E-state index >= 15 is 0 Å². The van der Waals surface area contributed by atoms with E-state index in [2.05, 4.69) is 22.9 Å². The minimum absolute atomic E-state index is 0.636. The number of aliphatic hydroxyl groups excluding tert-OH is 1. The molecule has 1 heterocycles. The topological polar surface area (TPSA) is 29.5 Å². The molecule has 1 aromatic heterocycles. The lowest BCUT2D eigenvalue weighted by atomic mass is 10.1. The fourth-order valence-corrected chi connectivity index (χ4v) is 3.40. The lowest BCUT2D eigenvalue weighted by Gasteiger charge is -2.14. The molecule has 0 amide bonds. The predicted molar refractivity (Wildman–Crippen MR) is 83.0 cm³/mol. The number of hydrogen-bond acceptors (Lipinski definition) is 3. The van der Waals surface area contributed by atoms with E-state index in [9.17, 15) is 5.11 Å². The van der Waals surface area contributed by atoms with Crippen molar-refractivity contribution in [1.82, 2.24) is 0 Å². The third-order valence-electron chi connectivity index (χ3n) is 2.82. The van der Waals surface area contributed by atoms with Crippen LogP contribution in [0, 0.1) is 6.92 Å². The predicted octanol–water partition coefficient (Wildman–Crippen LogP) is 4.69. The summed E-state index contributed by atoms with van der Waals surface area (Å²) in [6.07, 6.45) is 0.316. The van der Waals surface area contributed by atoms with E-state index in [0.717, 1.165) is 32.0 Å². The summed E-state index contributed by atoms with van der Waals surface area (Å²) in [6, 6.07) is 9.68. The average molecular weight is 341 g/mol. The molecule has 1 aromatic carbocycles. The summed E-state index contributed by atoms with van der Waals surface area (Å²) in [5.74, 6) is 0.763. The van der Waals surface area contributed by atoms with Crippen molar-refractivity contribution < 1.29 is 9.84 Å². The van der Waals surface area contributed by atoms with Crippen LogP contribution in [0.2, 0.25) is 0 Å². The van der Waals surface area contributed by atoms with E-state index in [1.54, 1.807) is 11.3 Å². The number of hydrogen-bond donors (Lipinski definition) is 1. The van der Waals surface area contributed by atoms with E-state index in [4.69, 9.17) is 4.74 Å². The molecule has 0 aliphatic carbocycles. The van der Waals surface area contributed by atoms with Gasteiger partial charge in [-0.1, -0.05) is 25.1 Å². The van der Waals surface area contributed by atoms with Crippen LogP contribution in [-0.4, -0.2) is 11.7 Å². The van der Waals surface area contributed by atoms with Gasteiger partial charge >= 0.3 is 0 Å². The van der Waals surface area contributed by atoms with Crippen molar-refractivity contribution in [3.63, 3.8) is 0 Å². The minimum Gasteiger partial charge on any atom is -0.493 e. The number of aliphatic hydroxyl groups is 1. The average Bonchev–Trinajstić information content (AvgIpc) is 2.76. The zero-order valence-corrected chi connectivity index (χ0v) is 13.4. The highest BCUT2D eigenvalue weighted by atomic mass is 79.9.